The molecule has 136 valence electrons. The second kappa shape index (κ2) is 7.90. The predicted octanol–water partition coefficient (Wildman–Crippen LogP) is 2.23. The van der Waals surface area contributed by atoms with Crippen LogP contribution in [0.25, 0.3) is 10.6 Å². The van der Waals surface area contributed by atoms with Crippen molar-refractivity contribution in [2.75, 3.05) is 6.54 Å². The number of rotatable bonds is 7. The van der Waals surface area contributed by atoms with E-state index in [9.17, 15) is 17.6 Å². The number of benzene rings is 1. The van der Waals surface area contributed by atoms with Crippen LogP contribution in [-0.2, 0) is 22.3 Å². The molecule has 0 saturated carbocycles. The highest BCUT2D eigenvalue weighted by molar-refractivity contribution is 7.88. The first kappa shape index (κ1) is 18.4. The molecule has 0 aliphatic rings. The van der Waals surface area contributed by atoms with Crippen LogP contribution in [0.5, 0.6) is 0 Å². The van der Waals surface area contributed by atoms with E-state index in [1.165, 1.54) is 46.4 Å². The second-order valence-electron chi connectivity index (χ2n) is 5.54. The quantitative estimate of drug-likeness (QED) is 0.667. The van der Waals surface area contributed by atoms with E-state index >= 15 is 0 Å². The molecule has 0 bridgehead atoms. The lowest BCUT2D eigenvalue weighted by atomic mass is 10.2. The van der Waals surface area contributed by atoms with Crippen molar-refractivity contribution in [3.8, 4) is 10.6 Å². The minimum Gasteiger partial charge on any atom is -0.268 e. The van der Waals surface area contributed by atoms with E-state index in [1.807, 2.05) is 17.5 Å². The Kier molecular flexibility index (Phi) is 5.60. The fraction of sp³-hybridized carbons (Fsp3) is 0.176. The monoisotopic (exact) mass is 393 g/mol. The average molecular weight is 393 g/mol. The molecule has 26 heavy (non-hydrogen) atoms. The van der Waals surface area contributed by atoms with Crippen LogP contribution < -0.4 is 10.3 Å². The lowest BCUT2D eigenvalue weighted by Crippen LogP contribution is -2.32. The van der Waals surface area contributed by atoms with E-state index in [0.717, 1.165) is 4.88 Å². The summed E-state index contributed by atoms with van der Waals surface area (Å²) < 4.78 is 40.7. The first-order chi connectivity index (χ1) is 12.4. The van der Waals surface area contributed by atoms with Crippen molar-refractivity contribution in [2.24, 2.45) is 0 Å². The minimum atomic E-state index is -3.60. The van der Waals surface area contributed by atoms with Crippen LogP contribution in [0.2, 0.25) is 0 Å². The Labute approximate surface area is 154 Å². The van der Waals surface area contributed by atoms with Gasteiger partial charge in [-0.3, -0.25) is 4.79 Å². The fourth-order valence-electron chi connectivity index (χ4n) is 2.32. The van der Waals surface area contributed by atoms with Gasteiger partial charge in [0.25, 0.3) is 5.56 Å². The molecule has 0 unspecified atom stereocenters. The van der Waals surface area contributed by atoms with Gasteiger partial charge in [0.05, 0.1) is 17.2 Å². The van der Waals surface area contributed by atoms with Gasteiger partial charge in [-0.1, -0.05) is 18.2 Å². The molecule has 2 heterocycles. The third-order valence-electron chi connectivity index (χ3n) is 3.56. The fourth-order valence-corrected chi connectivity index (χ4v) is 4.15. The highest BCUT2D eigenvalue weighted by atomic mass is 32.2. The van der Waals surface area contributed by atoms with Crippen molar-refractivity contribution in [3.05, 3.63) is 75.6 Å². The van der Waals surface area contributed by atoms with E-state index in [2.05, 4.69) is 9.82 Å². The van der Waals surface area contributed by atoms with Crippen LogP contribution in [0.3, 0.4) is 0 Å². The van der Waals surface area contributed by atoms with Gasteiger partial charge in [-0.05, 0) is 35.2 Å². The van der Waals surface area contributed by atoms with E-state index < -0.39 is 15.8 Å². The summed E-state index contributed by atoms with van der Waals surface area (Å²) in [4.78, 5) is 12.8. The topological polar surface area (TPSA) is 81.1 Å². The SMILES string of the molecule is O=c1ccc(-c2cccs2)nn1CCNS(=O)(=O)Cc1ccc(F)cc1. The molecular weight excluding hydrogens is 377 g/mol. The standard InChI is InChI=1S/C17H16FN3O3S2/c18-14-5-3-13(4-6-14)12-26(23,24)19-9-10-21-17(22)8-7-15(20-21)16-2-1-11-25-16/h1-8,11,19H,9-10,12H2. The van der Waals surface area contributed by atoms with Crippen LogP contribution in [-0.4, -0.2) is 24.7 Å². The highest BCUT2D eigenvalue weighted by Gasteiger charge is 2.12. The maximum Gasteiger partial charge on any atom is 0.266 e. The third-order valence-corrected chi connectivity index (χ3v) is 5.81. The Morgan fingerprint density at radius 2 is 1.88 bits per heavy atom. The Bertz CT molecular complexity index is 1030. The van der Waals surface area contributed by atoms with E-state index in [-0.39, 0.29) is 24.4 Å². The number of nitrogens with zero attached hydrogens (tertiary/aromatic N) is 2. The lowest BCUT2D eigenvalue weighted by molar-refractivity contribution is 0.548. The Morgan fingerprint density at radius 1 is 1.12 bits per heavy atom. The molecule has 0 aliphatic heterocycles. The van der Waals surface area contributed by atoms with E-state index in [1.54, 1.807) is 6.07 Å². The zero-order valence-corrected chi connectivity index (χ0v) is 15.3. The van der Waals surface area contributed by atoms with Gasteiger partial charge in [0.2, 0.25) is 10.0 Å². The van der Waals surface area contributed by atoms with Gasteiger partial charge < -0.3 is 0 Å². The average Bonchev–Trinajstić information content (AvgIpc) is 3.13. The van der Waals surface area contributed by atoms with Gasteiger partial charge in [0, 0.05) is 12.6 Å². The molecule has 3 rings (SSSR count). The molecule has 0 amide bonds. The zero-order valence-electron chi connectivity index (χ0n) is 13.6. The summed E-state index contributed by atoms with van der Waals surface area (Å²) in [7, 11) is -3.60. The number of halogens is 1. The summed E-state index contributed by atoms with van der Waals surface area (Å²) in [6.07, 6.45) is 0. The highest BCUT2D eigenvalue weighted by Crippen LogP contribution is 2.20. The van der Waals surface area contributed by atoms with Crippen molar-refractivity contribution < 1.29 is 12.8 Å². The summed E-state index contributed by atoms with van der Waals surface area (Å²) in [6.45, 7) is 0.144. The van der Waals surface area contributed by atoms with Crippen molar-refractivity contribution in [2.45, 2.75) is 12.3 Å². The van der Waals surface area contributed by atoms with Gasteiger partial charge in [-0.25, -0.2) is 22.2 Å². The molecule has 0 atom stereocenters. The molecule has 0 saturated heterocycles. The molecule has 1 N–H and O–H groups in total. The molecular formula is C17H16FN3O3S2. The molecule has 3 aromatic rings. The molecule has 0 fully saturated rings. The first-order valence-corrected chi connectivity index (χ1v) is 10.3. The smallest absolute Gasteiger partial charge is 0.266 e. The Balaban J connectivity index is 1.63. The van der Waals surface area contributed by atoms with Gasteiger partial charge >= 0.3 is 0 Å². The number of hydrogen-bond acceptors (Lipinski definition) is 5. The number of sulfonamides is 1. The molecule has 9 heteroatoms. The molecule has 0 radical (unpaired) electrons. The number of hydrogen-bond donors (Lipinski definition) is 1. The van der Waals surface area contributed by atoms with E-state index in [0.29, 0.717) is 11.3 Å². The van der Waals surface area contributed by atoms with Crippen LogP contribution in [0, 0.1) is 5.82 Å². The largest absolute Gasteiger partial charge is 0.268 e. The number of nitrogens with one attached hydrogen (secondary N) is 1. The van der Waals surface area contributed by atoms with Crippen LogP contribution in [0.15, 0.2) is 58.7 Å². The van der Waals surface area contributed by atoms with Crippen LogP contribution in [0.4, 0.5) is 4.39 Å². The molecule has 0 spiro atoms. The molecule has 1 aromatic carbocycles. The van der Waals surface area contributed by atoms with Gasteiger partial charge in [-0.15, -0.1) is 11.3 Å². The maximum absolute atomic E-state index is 12.9. The normalized spacial score (nSPS) is 11.6. The summed E-state index contributed by atoms with van der Waals surface area (Å²) in [5.41, 5.74) is 0.839. The van der Waals surface area contributed by atoms with Gasteiger partial charge in [-0.2, -0.15) is 5.10 Å². The summed E-state index contributed by atoms with van der Waals surface area (Å²) in [6, 6.07) is 12.1. The van der Waals surface area contributed by atoms with Crippen LogP contribution >= 0.6 is 11.3 Å². The minimum absolute atomic E-state index is 0.0321. The lowest BCUT2D eigenvalue weighted by Gasteiger charge is -2.09. The maximum atomic E-state index is 12.9. The summed E-state index contributed by atoms with van der Waals surface area (Å²) >= 11 is 1.50. The molecule has 6 nitrogen and oxygen atoms in total. The van der Waals surface area contributed by atoms with Crippen molar-refractivity contribution >= 4 is 21.4 Å². The van der Waals surface area contributed by atoms with Crippen molar-refractivity contribution in [1.29, 1.82) is 0 Å². The van der Waals surface area contributed by atoms with Gasteiger partial charge in [0.15, 0.2) is 0 Å². The number of aromatic nitrogens is 2. The molecule has 0 aliphatic carbocycles. The van der Waals surface area contributed by atoms with Crippen LogP contribution in [0.1, 0.15) is 5.56 Å². The Morgan fingerprint density at radius 3 is 2.58 bits per heavy atom. The van der Waals surface area contributed by atoms with Crippen molar-refractivity contribution in [3.63, 3.8) is 0 Å². The third kappa shape index (κ3) is 4.84. The van der Waals surface area contributed by atoms with Gasteiger partial charge in [0.1, 0.15) is 11.5 Å². The predicted molar refractivity (Wildman–Crippen MR) is 98.8 cm³/mol. The first-order valence-electron chi connectivity index (χ1n) is 7.77. The molecule has 2 aromatic heterocycles. The Hall–Kier alpha value is -2.36. The zero-order chi connectivity index (χ0) is 18.6. The second-order valence-corrected chi connectivity index (χ2v) is 8.29. The summed E-state index contributed by atoms with van der Waals surface area (Å²) in [5, 5.41) is 6.18. The number of thiophene rings is 1. The summed E-state index contributed by atoms with van der Waals surface area (Å²) in [5.74, 6) is -0.680. The van der Waals surface area contributed by atoms with E-state index in [4.69, 9.17) is 0 Å². The van der Waals surface area contributed by atoms with Crippen molar-refractivity contribution in [1.82, 2.24) is 14.5 Å².